The number of carbonyl (C=O) groups excluding carboxylic acids is 2. The molecule has 0 unspecified atom stereocenters. The van der Waals surface area contributed by atoms with E-state index in [0.29, 0.717) is 0 Å². The molecular formula is C10H19N3O4. The number of hydrogen-bond acceptors (Lipinski definition) is 3. The van der Waals surface area contributed by atoms with E-state index in [1.165, 1.54) is 18.7 Å². The average Bonchev–Trinajstić information content (AvgIpc) is 2.12. The number of carboxylic acid groups (broad SMARTS) is 1. The van der Waals surface area contributed by atoms with Crippen LogP contribution in [0.5, 0.6) is 0 Å². The Hall–Kier alpha value is -1.79. The lowest BCUT2D eigenvalue weighted by atomic mass is 10.1. The van der Waals surface area contributed by atoms with Crippen molar-refractivity contribution in [1.29, 1.82) is 0 Å². The summed E-state index contributed by atoms with van der Waals surface area (Å²) in [5, 5.41) is 11.2. The molecule has 7 nitrogen and oxygen atoms in total. The molecule has 0 fully saturated rings. The fraction of sp³-hybridized carbons (Fsp3) is 0.700. The zero-order chi connectivity index (χ0) is 13.8. The van der Waals surface area contributed by atoms with Crippen LogP contribution in [0.25, 0.3) is 0 Å². The van der Waals surface area contributed by atoms with Crippen LogP contribution in [0.3, 0.4) is 0 Å². The molecule has 0 atom stereocenters. The molecule has 0 aromatic heterocycles. The minimum atomic E-state index is -1.40. The number of hydrogen-bond donors (Lipinski definition) is 3. The van der Waals surface area contributed by atoms with Gasteiger partial charge in [-0.05, 0) is 27.7 Å². The molecule has 0 aromatic carbocycles. The van der Waals surface area contributed by atoms with Crippen LogP contribution < -0.4 is 11.1 Å². The number of carbonyl (C=O) groups is 3. The van der Waals surface area contributed by atoms with Crippen molar-refractivity contribution in [3.05, 3.63) is 0 Å². The molecule has 0 bridgehead atoms. The van der Waals surface area contributed by atoms with Crippen molar-refractivity contribution in [3.8, 4) is 0 Å². The van der Waals surface area contributed by atoms with E-state index in [2.05, 4.69) is 5.32 Å². The number of nitrogens with one attached hydrogen (secondary N) is 1. The van der Waals surface area contributed by atoms with Gasteiger partial charge in [0.1, 0.15) is 12.1 Å². The number of primary amides is 1. The Morgan fingerprint density at radius 1 is 1.35 bits per heavy atom. The van der Waals surface area contributed by atoms with Gasteiger partial charge in [0, 0.05) is 6.04 Å². The smallest absolute Gasteiger partial charge is 0.328 e. The summed E-state index contributed by atoms with van der Waals surface area (Å²) in [6.07, 6.45) is 0. The molecule has 0 heterocycles. The highest BCUT2D eigenvalue weighted by molar-refractivity contribution is 5.88. The predicted octanol–water partition coefficient (Wildman–Crippen LogP) is -0.245. The predicted molar refractivity (Wildman–Crippen MR) is 61.3 cm³/mol. The van der Waals surface area contributed by atoms with Gasteiger partial charge in [-0.15, -0.1) is 0 Å². The average molecular weight is 245 g/mol. The topological polar surface area (TPSA) is 113 Å². The lowest BCUT2D eigenvalue weighted by molar-refractivity contribution is -0.143. The lowest BCUT2D eigenvalue weighted by Gasteiger charge is -2.30. The summed E-state index contributed by atoms with van der Waals surface area (Å²) >= 11 is 0. The molecule has 4 N–H and O–H groups in total. The van der Waals surface area contributed by atoms with Crippen LogP contribution in [0.15, 0.2) is 0 Å². The molecule has 0 aliphatic heterocycles. The first kappa shape index (κ1) is 15.2. The first-order chi connectivity index (χ1) is 7.58. The lowest BCUT2D eigenvalue weighted by Crippen LogP contribution is -2.56. The largest absolute Gasteiger partial charge is 0.480 e. The van der Waals surface area contributed by atoms with Gasteiger partial charge in [-0.25, -0.2) is 9.59 Å². The maximum atomic E-state index is 11.8. The summed E-state index contributed by atoms with van der Waals surface area (Å²) in [7, 11) is 0. The summed E-state index contributed by atoms with van der Waals surface area (Å²) in [6, 6.07) is -0.890. The molecule has 0 rings (SSSR count). The first-order valence-corrected chi connectivity index (χ1v) is 5.18. The maximum Gasteiger partial charge on any atom is 0.328 e. The van der Waals surface area contributed by atoms with Gasteiger partial charge in [-0.1, -0.05) is 0 Å². The van der Waals surface area contributed by atoms with Crippen molar-refractivity contribution in [2.45, 2.75) is 39.3 Å². The highest BCUT2D eigenvalue weighted by atomic mass is 16.4. The standard InChI is InChI=1S/C10H19N3O4/c1-6(2)13(5-7(11)14)9(17)12-10(3,4)8(15)16/h6H,5H2,1-4H3,(H2,11,14)(H,12,17)(H,15,16). The number of aliphatic carboxylic acids is 1. The second-order valence-electron chi connectivity index (χ2n) is 4.55. The Morgan fingerprint density at radius 2 is 1.82 bits per heavy atom. The van der Waals surface area contributed by atoms with Crippen LogP contribution in [-0.2, 0) is 9.59 Å². The third-order valence-electron chi connectivity index (χ3n) is 2.16. The highest BCUT2D eigenvalue weighted by Gasteiger charge is 2.31. The third-order valence-corrected chi connectivity index (χ3v) is 2.16. The van der Waals surface area contributed by atoms with E-state index in [0.717, 1.165) is 0 Å². The van der Waals surface area contributed by atoms with Gasteiger partial charge in [-0.2, -0.15) is 0 Å². The highest BCUT2D eigenvalue weighted by Crippen LogP contribution is 2.05. The summed E-state index contributed by atoms with van der Waals surface area (Å²) < 4.78 is 0. The molecule has 0 aliphatic carbocycles. The molecule has 0 radical (unpaired) electrons. The molecule has 0 saturated heterocycles. The van der Waals surface area contributed by atoms with Crippen LogP contribution >= 0.6 is 0 Å². The molecule has 3 amide bonds. The van der Waals surface area contributed by atoms with Crippen molar-refractivity contribution in [3.63, 3.8) is 0 Å². The number of nitrogens with two attached hydrogens (primary N) is 1. The summed E-state index contributed by atoms with van der Waals surface area (Å²) in [5.74, 6) is -1.81. The number of nitrogens with zero attached hydrogens (tertiary/aromatic N) is 1. The fourth-order valence-electron chi connectivity index (χ4n) is 1.05. The van der Waals surface area contributed by atoms with Crippen molar-refractivity contribution < 1.29 is 19.5 Å². The Morgan fingerprint density at radius 3 is 2.12 bits per heavy atom. The Bertz CT molecular complexity index is 326. The molecule has 0 aromatic rings. The summed E-state index contributed by atoms with van der Waals surface area (Å²) in [4.78, 5) is 34.6. The molecule has 7 heteroatoms. The Balaban J connectivity index is 4.75. The molecule has 0 spiro atoms. The van der Waals surface area contributed by atoms with E-state index in [-0.39, 0.29) is 12.6 Å². The number of amides is 3. The van der Waals surface area contributed by atoms with E-state index in [9.17, 15) is 14.4 Å². The van der Waals surface area contributed by atoms with Crippen LogP contribution in [-0.4, -0.2) is 46.0 Å². The quantitative estimate of drug-likeness (QED) is 0.620. The van der Waals surface area contributed by atoms with Crippen LogP contribution in [0, 0.1) is 0 Å². The normalized spacial score (nSPS) is 11.1. The van der Waals surface area contributed by atoms with Crippen molar-refractivity contribution in [2.75, 3.05) is 6.54 Å². The van der Waals surface area contributed by atoms with Gasteiger partial charge in [0.2, 0.25) is 5.91 Å². The first-order valence-electron chi connectivity index (χ1n) is 5.18. The van der Waals surface area contributed by atoms with Crippen molar-refractivity contribution in [1.82, 2.24) is 10.2 Å². The van der Waals surface area contributed by atoms with Gasteiger partial charge >= 0.3 is 12.0 Å². The van der Waals surface area contributed by atoms with E-state index < -0.39 is 23.4 Å². The molecular weight excluding hydrogens is 226 g/mol. The second kappa shape index (κ2) is 5.51. The van der Waals surface area contributed by atoms with Crippen molar-refractivity contribution >= 4 is 17.9 Å². The van der Waals surface area contributed by atoms with Crippen LogP contribution in [0.4, 0.5) is 4.79 Å². The number of carboxylic acids is 1. The van der Waals surface area contributed by atoms with Gasteiger partial charge in [0.15, 0.2) is 0 Å². The second-order valence-corrected chi connectivity index (χ2v) is 4.55. The van der Waals surface area contributed by atoms with Gasteiger partial charge in [0.25, 0.3) is 0 Å². The van der Waals surface area contributed by atoms with E-state index in [4.69, 9.17) is 10.8 Å². The molecule has 98 valence electrons. The van der Waals surface area contributed by atoms with Gasteiger partial charge in [0.05, 0.1) is 0 Å². The zero-order valence-corrected chi connectivity index (χ0v) is 10.5. The molecule has 17 heavy (non-hydrogen) atoms. The summed E-state index contributed by atoms with van der Waals surface area (Å²) in [6.45, 7) is 5.87. The third kappa shape index (κ3) is 4.71. The minimum Gasteiger partial charge on any atom is -0.480 e. The molecule has 0 aliphatic rings. The zero-order valence-electron chi connectivity index (χ0n) is 10.5. The van der Waals surface area contributed by atoms with Crippen LogP contribution in [0.2, 0.25) is 0 Å². The number of urea groups is 1. The monoisotopic (exact) mass is 245 g/mol. The van der Waals surface area contributed by atoms with E-state index in [1.807, 2.05) is 0 Å². The van der Waals surface area contributed by atoms with Gasteiger partial charge < -0.3 is 21.1 Å². The summed E-state index contributed by atoms with van der Waals surface area (Å²) in [5.41, 5.74) is 3.61. The SMILES string of the molecule is CC(C)N(CC(N)=O)C(=O)NC(C)(C)C(=O)O. The van der Waals surface area contributed by atoms with E-state index >= 15 is 0 Å². The Labute approximate surface area is 100.0 Å². The van der Waals surface area contributed by atoms with E-state index in [1.54, 1.807) is 13.8 Å². The fourth-order valence-corrected chi connectivity index (χ4v) is 1.05. The minimum absolute atomic E-state index is 0.251. The maximum absolute atomic E-state index is 11.8. The van der Waals surface area contributed by atoms with Crippen LogP contribution in [0.1, 0.15) is 27.7 Å². The molecule has 0 saturated carbocycles. The Kier molecular flexibility index (Phi) is 4.93. The van der Waals surface area contributed by atoms with Crippen molar-refractivity contribution in [2.24, 2.45) is 5.73 Å². The van der Waals surface area contributed by atoms with Gasteiger partial charge in [-0.3, -0.25) is 4.79 Å². The number of rotatable bonds is 5.